The second-order valence-electron chi connectivity index (χ2n) is 6.24. The molecule has 124 valence electrons. The monoisotopic (exact) mass is 322 g/mol. The van der Waals surface area contributed by atoms with Gasteiger partial charge in [0.15, 0.2) is 0 Å². The first-order chi connectivity index (χ1) is 11.5. The molecule has 0 radical (unpaired) electrons. The highest BCUT2D eigenvalue weighted by molar-refractivity contribution is 5.82. The lowest BCUT2D eigenvalue weighted by atomic mass is 10.0. The molecule has 2 N–H and O–H groups in total. The van der Waals surface area contributed by atoms with Crippen LogP contribution in [0.25, 0.3) is 10.8 Å². The van der Waals surface area contributed by atoms with Gasteiger partial charge in [-0.05, 0) is 41.1 Å². The van der Waals surface area contributed by atoms with Crippen LogP contribution in [0.5, 0.6) is 5.75 Å². The van der Waals surface area contributed by atoms with E-state index in [9.17, 15) is 4.79 Å². The Labute approximate surface area is 141 Å². The van der Waals surface area contributed by atoms with E-state index in [1.54, 1.807) is 10.6 Å². The molecule has 0 atom stereocenters. The second-order valence-corrected chi connectivity index (χ2v) is 6.24. The fourth-order valence-electron chi connectivity index (χ4n) is 2.70. The quantitative estimate of drug-likeness (QED) is 0.727. The van der Waals surface area contributed by atoms with E-state index in [-0.39, 0.29) is 5.56 Å². The van der Waals surface area contributed by atoms with Crippen molar-refractivity contribution in [3.63, 3.8) is 0 Å². The van der Waals surface area contributed by atoms with Gasteiger partial charge in [-0.25, -0.2) is 0 Å². The number of nitrogens with zero attached hydrogens (tertiary/aromatic N) is 1. The van der Waals surface area contributed by atoms with Crippen molar-refractivity contribution < 1.29 is 4.74 Å². The van der Waals surface area contributed by atoms with Gasteiger partial charge in [-0.1, -0.05) is 32.0 Å². The minimum absolute atomic E-state index is 0.0196. The smallest absolute Gasteiger partial charge is 0.258 e. The fraction of sp³-hybridized carbons (Fsp3) is 0.250. The lowest BCUT2D eigenvalue weighted by Crippen LogP contribution is -2.22. The first-order valence-electron chi connectivity index (χ1n) is 8.16. The predicted octanol–water partition coefficient (Wildman–Crippen LogP) is 3.79. The minimum Gasteiger partial charge on any atom is -0.492 e. The number of rotatable bonds is 5. The van der Waals surface area contributed by atoms with Gasteiger partial charge in [0.05, 0.1) is 6.54 Å². The molecule has 0 spiro atoms. The summed E-state index contributed by atoms with van der Waals surface area (Å²) < 4.78 is 7.37. The van der Waals surface area contributed by atoms with Crippen molar-refractivity contribution in [2.75, 3.05) is 12.3 Å². The molecule has 0 fully saturated rings. The average Bonchev–Trinajstić information content (AvgIpc) is 2.57. The van der Waals surface area contributed by atoms with Crippen molar-refractivity contribution in [1.29, 1.82) is 0 Å². The van der Waals surface area contributed by atoms with Crippen molar-refractivity contribution in [3.8, 4) is 5.75 Å². The Hall–Kier alpha value is -2.75. The van der Waals surface area contributed by atoms with Crippen LogP contribution in [0.1, 0.15) is 25.3 Å². The largest absolute Gasteiger partial charge is 0.492 e. The molecule has 0 aliphatic heterocycles. The Kier molecular flexibility index (Phi) is 4.56. The van der Waals surface area contributed by atoms with Crippen molar-refractivity contribution in [1.82, 2.24) is 4.57 Å². The molecule has 3 aromatic rings. The molecule has 4 heteroatoms. The molecule has 24 heavy (non-hydrogen) atoms. The zero-order chi connectivity index (χ0) is 17.1. The second kappa shape index (κ2) is 6.79. The number of hydrogen-bond donors (Lipinski definition) is 1. The van der Waals surface area contributed by atoms with E-state index in [1.165, 1.54) is 5.56 Å². The van der Waals surface area contributed by atoms with E-state index in [0.29, 0.717) is 30.5 Å². The zero-order valence-electron chi connectivity index (χ0n) is 14.0. The SMILES string of the molecule is CC(C)c1ccc2ccn(CCOc3cccc(N)c3)c(=O)c2c1. The molecule has 0 unspecified atom stereocenters. The molecule has 3 rings (SSSR count). The maximum Gasteiger partial charge on any atom is 0.258 e. The molecule has 4 nitrogen and oxygen atoms in total. The third-order valence-corrected chi connectivity index (χ3v) is 4.13. The Morgan fingerprint density at radius 1 is 1.12 bits per heavy atom. The first-order valence-corrected chi connectivity index (χ1v) is 8.16. The van der Waals surface area contributed by atoms with Crippen LogP contribution in [0.2, 0.25) is 0 Å². The summed E-state index contributed by atoms with van der Waals surface area (Å²) in [6, 6.07) is 15.4. The summed E-state index contributed by atoms with van der Waals surface area (Å²) in [5.41, 5.74) is 7.59. The normalized spacial score (nSPS) is 11.1. The molecular weight excluding hydrogens is 300 g/mol. The van der Waals surface area contributed by atoms with Crippen molar-refractivity contribution >= 4 is 16.5 Å². The number of aromatic nitrogens is 1. The third-order valence-electron chi connectivity index (χ3n) is 4.13. The topological polar surface area (TPSA) is 57.2 Å². The Morgan fingerprint density at radius 2 is 1.96 bits per heavy atom. The van der Waals surface area contributed by atoms with Crippen LogP contribution in [0.4, 0.5) is 5.69 Å². The summed E-state index contributed by atoms with van der Waals surface area (Å²) in [6.07, 6.45) is 1.82. The lowest BCUT2D eigenvalue weighted by molar-refractivity contribution is 0.297. The third kappa shape index (κ3) is 3.43. The van der Waals surface area contributed by atoms with Crippen molar-refractivity contribution in [2.45, 2.75) is 26.3 Å². The number of nitrogen functional groups attached to an aromatic ring is 1. The highest BCUT2D eigenvalue weighted by Gasteiger charge is 2.06. The van der Waals surface area contributed by atoms with Gasteiger partial charge in [0.1, 0.15) is 12.4 Å². The number of anilines is 1. The molecule has 0 saturated carbocycles. The van der Waals surface area contributed by atoms with Crippen LogP contribution in [0.15, 0.2) is 59.5 Å². The fourth-order valence-corrected chi connectivity index (χ4v) is 2.70. The van der Waals surface area contributed by atoms with E-state index in [1.807, 2.05) is 42.6 Å². The van der Waals surface area contributed by atoms with Gasteiger partial charge >= 0.3 is 0 Å². The number of hydrogen-bond acceptors (Lipinski definition) is 3. The molecule has 1 aromatic heterocycles. The molecular formula is C20H22N2O2. The maximum atomic E-state index is 12.7. The minimum atomic E-state index is 0.0196. The maximum absolute atomic E-state index is 12.7. The van der Waals surface area contributed by atoms with E-state index in [0.717, 1.165) is 10.8 Å². The first kappa shape index (κ1) is 16.1. The molecule has 2 aromatic carbocycles. The van der Waals surface area contributed by atoms with Gasteiger partial charge in [-0.3, -0.25) is 4.79 Å². The standard InChI is InChI=1S/C20H22N2O2/c1-14(2)16-7-6-15-8-9-22(20(23)19(15)12-16)10-11-24-18-5-3-4-17(21)13-18/h3-9,12-14H,10-11,21H2,1-2H3. The van der Waals surface area contributed by atoms with Gasteiger partial charge in [-0.2, -0.15) is 0 Å². The number of pyridine rings is 1. The summed E-state index contributed by atoms with van der Waals surface area (Å²) in [4.78, 5) is 12.7. The van der Waals surface area contributed by atoms with Gasteiger partial charge in [0, 0.05) is 23.3 Å². The van der Waals surface area contributed by atoms with E-state index in [4.69, 9.17) is 10.5 Å². The molecule has 0 amide bonds. The summed E-state index contributed by atoms with van der Waals surface area (Å²) in [7, 11) is 0. The summed E-state index contributed by atoms with van der Waals surface area (Å²) in [6.45, 7) is 5.16. The summed E-state index contributed by atoms with van der Waals surface area (Å²) in [5, 5.41) is 1.73. The Balaban J connectivity index is 1.79. The van der Waals surface area contributed by atoms with Crippen molar-refractivity contribution in [2.24, 2.45) is 0 Å². The predicted molar refractivity (Wildman–Crippen MR) is 98.6 cm³/mol. The highest BCUT2D eigenvalue weighted by Crippen LogP contribution is 2.19. The number of benzene rings is 2. The van der Waals surface area contributed by atoms with E-state index in [2.05, 4.69) is 19.9 Å². The lowest BCUT2D eigenvalue weighted by Gasteiger charge is -2.11. The van der Waals surface area contributed by atoms with Gasteiger partial charge in [0.2, 0.25) is 0 Å². The van der Waals surface area contributed by atoms with Crippen LogP contribution in [0.3, 0.4) is 0 Å². The Morgan fingerprint density at radius 3 is 2.71 bits per heavy atom. The van der Waals surface area contributed by atoms with Crippen LogP contribution in [-0.2, 0) is 6.54 Å². The molecule has 1 heterocycles. The average molecular weight is 322 g/mol. The van der Waals surface area contributed by atoms with Gasteiger partial charge < -0.3 is 15.0 Å². The number of nitrogens with two attached hydrogens (primary N) is 1. The summed E-state index contributed by atoms with van der Waals surface area (Å²) in [5.74, 6) is 1.11. The van der Waals surface area contributed by atoms with Gasteiger partial charge in [0.25, 0.3) is 5.56 Å². The summed E-state index contributed by atoms with van der Waals surface area (Å²) >= 11 is 0. The van der Waals surface area contributed by atoms with Crippen molar-refractivity contribution in [3.05, 3.63) is 70.6 Å². The van der Waals surface area contributed by atoms with E-state index < -0.39 is 0 Å². The number of ether oxygens (including phenoxy) is 1. The highest BCUT2D eigenvalue weighted by atomic mass is 16.5. The van der Waals surface area contributed by atoms with Crippen LogP contribution in [-0.4, -0.2) is 11.2 Å². The van der Waals surface area contributed by atoms with Gasteiger partial charge in [-0.15, -0.1) is 0 Å². The Bertz CT molecular complexity index is 913. The van der Waals surface area contributed by atoms with E-state index >= 15 is 0 Å². The molecule has 0 aliphatic carbocycles. The molecule has 0 saturated heterocycles. The molecule has 0 bridgehead atoms. The zero-order valence-corrected chi connectivity index (χ0v) is 14.0. The molecule has 0 aliphatic rings. The van der Waals surface area contributed by atoms with Crippen LogP contribution >= 0.6 is 0 Å². The number of fused-ring (bicyclic) bond motifs is 1. The van der Waals surface area contributed by atoms with Crippen LogP contribution < -0.4 is 16.0 Å². The van der Waals surface area contributed by atoms with Crippen LogP contribution in [0, 0.1) is 0 Å².